The molecule has 1 aliphatic rings. The summed E-state index contributed by atoms with van der Waals surface area (Å²) >= 11 is 0. The van der Waals surface area contributed by atoms with Crippen molar-refractivity contribution in [2.45, 2.75) is 6.92 Å². The topological polar surface area (TPSA) is 88.2 Å². The number of para-hydroxylation sites is 2. The molecule has 0 N–H and O–H groups in total. The summed E-state index contributed by atoms with van der Waals surface area (Å²) in [4.78, 5) is 24.5. The second-order valence-electron chi connectivity index (χ2n) is 5.08. The van der Waals surface area contributed by atoms with Gasteiger partial charge in [-0.2, -0.15) is 5.10 Å². The quantitative estimate of drug-likeness (QED) is 0.492. The van der Waals surface area contributed by atoms with Crippen molar-refractivity contribution in [1.82, 2.24) is 0 Å². The van der Waals surface area contributed by atoms with Crippen LogP contribution in [0.4, 0.5) is 11.4 Å². The lowest BCUT2D eigenvalue weighted by molar-refractivity contribution is -0.385. The van der Waals surface area contributed by atoms with Crippen molar-refractivity contribution < 1.29 is 9.72 Å². The molecule has 2 aromatic rings. The van der Waals surface area contributed by atoms with E-state index in [0.29, 0.717) is 17.7 Å². The Kier molecular flexibility index (Phi) is 4.15. The Morgan fingerprint density at radius 1 is 1.17 bits per heavy atom. The average molecular weight is 322 g/mol. The maximum atomic E-state index is 12.4. The smallest absolute Gasteiger partial charge is 0.279 e. The maximum absolute atomic E-state index is 12.4. The molecule has 7 heteroatoms. The molecule has 0 aliphatic carbocycles. The van der Waals surface area contributed by atoms with E-state index in [2.05, 4.69) is 10.2 Å². The highest BCUT2D eigenvalue weighted by atomic mass is 16.6. The zero-order valence-corrected chi connectivity index (χ0v) is 12.9. The van der Waals surface area contributed by atoms with E-state index < -0.39 is 4.92 Å². The zero-order valence-electron chi connectivity index (χ0n) is 12.9. The Balaban J connectivity index is 1.96. The van der Waals surface area contributed by atoms with Gasteiger partial charge in [0.25, 0.3) is 11.6 Å². The van der Waals surface area contributed by atoms with E-state index in [1.165, 1.54) is 12.3 Å². The summed E-state index contributed by atoms with van der Waals surface area (Å²) in [5, 5.41) is 18.9. The Morgan fingerprint density at radius 3 is 2.62 bits per heavy atom. The summed E-state index contributed by atoms with van der Waals surface area (Å²) in [6, 6.07) is 13.6. The van der Waals surface area contributed by atoms with Crippen molar-refractivity contribution in [1.29, 1.82) is 0 Å². The first kappa shape index (κ1) is 15.5. The lowest BCUT2D eigenvalue weighted by Gasteiger charge is -2.12. The Labute approximate surface area is 138 Å². The first-order chi connectivity index (χ1) is 11.6. The van der Waals surface area contributed by atoms with Gasteiger partial charge in [0, 0.05) is 18.2 Å². The third-order valence-electron chi connectivity index (χ3n) is 3.70. The lowest BCUT2D eigenvalue weighted by atomic mass is 10.1. The maximum Gasteiger partial charge on any atom is 0.279 e. The predicted molar refractivity (Wildman–Crippen MR) is 91.7 cm³/mol. The molecule has 1 amide bonds. The van der Waals surface area contributed by atoms with Crippen LogP contribution < -0.4 is 4.90 Å². The predicted octanol–water partition coefficient (Wildman–Crippen LogP) is 2.78. The highest BCUT2D eigenvalue weighted by molar-refractivity contribution is 6.54. The largest absolute Gasteiger partial charge is 0.307 e. The third kappa shape index (κ3) is 2.67. The molecule has 0 unspecified atom stereocenters. The van der Waals surface area contributed by atoms with Crippen molar-refractivity contribution >= 4 is 29.2 Å². The molecule has 0 radical (unpaired) electrons. The number of nitro groups is 1. The van der Waals surface area contributed by atoms with Gasteiger partial charge in [-0.15, -0.1) is 5.10 Å². The molecule has 0 bridgehead atoms. The molecule has 0 saturated heterocycles. The minimum Gasteiger partial charge on any atom is -0.307 e. The number of nitrogens with zero attached hydrogens (tertiary/aromatic N) is 4. The van der Waals surface area contributed by atoms with Crippen LogP contribution in [-0.4, -0.2) is 29.3 Å². The van der Waals surface area contributed by atoms with Crippen LogP contribution in [0.5, 0.6) is 0 Å². The van der Waals surface area contributed by atoms with Crippen molar-refractivity contribution in [3.63, 3.8) is 0 Å². The molecule has 2 aromatic carbocycles. The third-order valence-corrected chi connectivity index (χ3v) is 3.70. The number of amides is 1. The van der Waals surface area contributed by atoms with Crippen molar-refractivity contribution in [3.8, 4) is 0 Å². The second kappa shape index (κ2) is 6.41. The van der Waals surface area contributed by atoms with Gasteiger partial charge in [0.05, 0.1) is 22.4 Å². The van der Waals surface area contributed by atoms with Crippen LogP contribution in [0.25, 0.3) is 0 Å². The van der Waals surface area contributed by atoms with Gasteiger partial charge in [-0.05, 0) is 19.1 Å². The molecule has 1 aliphatic heterocycles. The first-order valence-corrected chi connectivity index (χ1v) is 7.39. The van der Waals surface area contributed by atoms with Gasteiger partial charge < -0.3 is 4.90 Å². The van der Waals surface area contributed by atoms with Gasteiger partial charge in [-0.3, -0.25) is 14.9 Å². The van der Waals surface area contributed by atoms with E-state index in [0.717, 1.165) is 5.69 Å². The summed E-state index contributed by atoms with van der Waals surface area (Å²) in [6.07, 6.45) is 1.29. The van der Waals surface area contributed by atoms with Crippen LogP contribution in [0.1, 0.15) is 18.1 Å². The normalized spacial score (nSPS) is 15.3. The molecule has 7 nitrogen and oxygen atoms in total. The van der Waals surface area contributed by atoms with Crippen molar-refractivity contribution in [2.24, 2.45) is 10.2 Å². The fourth-order valence-electron chi connectivity index (χ4n) is 2.58. The standard InChI is InChI=1S/C17H14N4O3/c1-2-20-15-10-6-4-8-13(15)16(17(20)22)19-18-11-12-7-3-5-9-14(12)21(23)24/h3-11H,2H2,1H3/b18-11-,19-16+. The summed E-state index contributed by atoms with van der Waals surface area (Å²) < 4.78 is 0. The number of fused-ring (bicyclic) bond motifs is 1. The number of hydrogen-bond donors (Lipinski definition) is 0. The van der Waals surface area contributed by atoms with Gasteiger partial charge in [0.15, 0.2) is 5.71 Å². The van der Waals surface area contributed by atoms with E-state index >= 15 is 0 Å². The van der Waals surface area contributed by atoms with E-state index in [-0.39, 0.29) is 17.3 Å². The summed E-state index contributed by atoms with van der Waals surface area (Å²) in [6.45, 7) is 2.41. The van der Waals surface area contributed by atoms with E-state index in [4.69, 9.17) is 0 Å². The summed E-state index contributed by atoms with van der Waals surface area (Å²) in [5.41, 5.74) is 2.02. The molecule has 0 spiro atoms. The molecule has 120 valence electrons. The van der Waals surface area contributed by atoms with E-state index in [1.54, 1.807) is 23.1 Å². The van der Waals surface area contributed by atoms with Crippen molar-refractivity contribution in [2.75, 3.05) is 11.4 Å². The number of hydrogen-bond acceptors (Lipinski definition) is 5. The SMILES string of the molecule is CCN1C(=O)/C(=N/N=C\c2ccccc2[N+](=O)[O-])c2ccccc21. The summed E-state index contributed by atoms with van der Waals surface area (Å²) in [7, 11) is 0. The molecule has 0 aromatic heterocycles. The molecular formula is C17H14N4O3. The number of anilines is 1. The molecule has 24 heavy (non-hydrogen) atoms. The van der Waals surface area contributed by atoms with Gasteiger partial charge in [0.2, 0.25) is 0 Å². The molecule has 0 atom stereocenters. The Morgan fingerprint density at radius 2 is 1.88 bits per heavy atom. The van der Waals surface area contributed by atoms with Crippen LogP contribution in [0, 0.1) is 10.1 Å². The monoisotopic (exact) mass is 322 g/mol. The minimum atomic E-state index is -0.483. The zero-order chi connectivity index (χ0) is 17.1. The summed E-state index contributed by atoms with van der Waals surface area (Å²) in [5.74, 6) is -0.224. The van der Waals surface area contributed by atoms with Crippen LogP contribution in [0.3, 0.4) is 0 Å². The van der Waals surface area contributed by atoms with Crippen LogP contribution in [0.15, 0.2) is 58.7 Å². The Bertz CT molecular complexity index is 874. The van der Waals surface area contributed by atoms with Gasteiger partial charge in [0.1, 0.15) is 0 Å². The van der Waals surface area contributed by atoms with E-state index in [9.17, 15) is 14.9 Å². The van der Waals surface area contributed by atoms with Crippen LogP contribution >= 0.6 is 0 Å². The first-order valence-electron chi connectivity index (χ1n) is 7.39. The number of likely N-dealkylation sites (N-methyl/N-ethyl adjacent to an activating group) is 1. The van der Waals surface area contributed by atoms with Gasteiger partial charge in [-0.25, -0.2) is 0 Å². The average Bonchev–Trinajstić information content (AvgIpc) is 2.86. The van der Waals surface area contributed by atoms with Crippen molar-refractivity contribution in [3.05, 3.63) is 69.8 Å². The Hall–Kier alpha value is -3.35. The van der Waals surface area contributed by atoms with E-state index in [1.807, 2.05) is 31.2 Å². The molecular weight excluding hydrogens is 308 g/mol. The fourth-order valence-corrected chi connectivity index (χ4v) is 2.58. The molecule has 1 heterocycles. The second-order valence-corrected chi connectivity index (χ2v) is 5.08. The molecule has 0 saturated carbocycles. The fraction of sp³-hybridized carbons (Fsp3) is 0.118. The van der Waals surface area contributed by atoms with Crippen LogP contribution in [-0.2, 0) is 4.79 Å². The van der Waals surface area contributed by atoms with Crippen LogP contribution in [0.2, 0.25) is 0 Å². The number of nitro benzene ring substituents is 1. The highest BCUT2D eigenvalue weighted by Crippen LogP contribution is 2.28. The minimum absolute atomic E-state index is 0.0604. The number of carbonyl (C=O) groups is 1. The lowest BCUT2D eigenvalue weighted by Crippen LogP contribution is -2.29. The number of benzene rings is 2. The molecule has 3 rings (SSSR count). The molecule has 0 fully saturated rings. The highest BCUT2D eigenvalue weighted by Gasteiger charge is 2.32. The van der Waals surface area contributed by atoms with Gasteiger partial charge >= 0.3 is 0 Å². The number of carbonyl (C=O) groups excluding carboxylic acids is 1. The number of rotatable bonds is 4. The van der Waals surface area contributed by atoms with Gasteiger partial charge in [-0.1, -0.05) is 30.3 Å².